The lowest BCUT2D eigenvalue weighted by molar-refractivity contribution is -0.674. The number of hydrogen-bond acceptors (Lipinski definition) is 4. The fourth-order valence-electron chi connectivity index (χ4n) is 1.50. The fraction of sp³-hybridized carbons (Fsp3) is 0.444. The summed E-state index contributed by atoms with van der Waals surface area (Å²) < 4.78 is 44.1. The van der Waals surface area contributed by atoms with Crippen LogP contribution in [-0.4, -0.2) is 10.3 Å². The van der Waals surface area contributed by atoms with Crippen molar-refractivity contribution in [3.8, 4) is 5.69 Å². The second kappa shape index (κ2) is 3.80. The van der Waals surface area contributed by atoms with E-state index in [-0.39, 0.29) is 5.69 Å². The van der Waals surface area contributed by atoms with Gasteiger partial charge in [-0.2, -0.15) is 13.2 Å². The average Bonchev–Trinajstić information content (AvgIpc) is 2.69. The molecule has 0 radical (unpaired) electrons. The number of alkyl halides is 3. The maximum absolute atomic E-state index is 12.8. The van der Waals surface area contributed by atoms with E-state index in [1.807, 2.05) is 0 Å². The molecule has 0 aliphatic heterocycles. The second-order valence-corrected chi connectivity index (χ2v) is 4.69. The minimum Gasteiger partial charge on any atom is -0.354 e. The van der Waals surface area contributed by atoms with Gasteiger partial charge in [-0.15, -0.1) is 0 Å². The van der Waals surface area contributed by atoms with Crippen LogP contribution in [0.4, 0.5) is 13.2 Å². The smallest absolute Gasteiger partial charge is 0.354 e. The lowest BCUT2D eigenvalue weighted by Crippen LogP contribution is -2.41. The van der Waals surface area contributed by atoms with Crippen molar-refractivity contribution < 1.29 is 22.4 Å². The molecule has 0 spiro atoms. The monoisotopic (exact) mass is 264 g/mol. The zero-order valence-electron chi connectivity index (χ0n) is 9.29. The lowest BCUT2D eigenvalue weighted by atomic mass is 10.3. The molecule has 0 saturated carbocycles. The van der Waals surface area contributed by atoms with Gasteiger partial charge in [0.2, 0.25) is 5.76 Å². The van der Waals surface area contributed by atoms with Crippen LogP contribution in [0.5, 0.6) is 0 Å². The molecule has 0 saturated heterocycles. The van der Waals surface area contributed by atoms with Crippen molar-refractivity contribution in [3.05, 3.63) is 21.5 Å². The third-order valence-corrected chi connectivity index (χ3v) is 3.10. The maximum atomic E-state index is 12.8. The minimum absolute atomic E-state index is 0.252. The highest BCUT2D eigenvalue weighted by atomic mass is 32.1. The van der Waals surface area contributed by atoms with E-state index in [2.05, 4.69) is 10.3 Å². The van der Waals surface area contributed by atoms with E-state index in [4.69, 9.17) is 4.52 Å². The summed E-state index contributed by atoms with van der Waals surface area (Å²) >= 11 is 0.594. The topological polar surface area (TPSA) is 42.8 Å². The van der Waals surface area contributed by atoms with E-state index < -0.39 is 11.2 Å². The van der Waals surface area contributed by atoms with Crippen molar-refractivity contribution in [2.45, 2.75) is 26.9 Å². The van der Waals surface area contributed by atoms with E-state index in [1.165, 1.54) is 6.92 Å². The Bertz CT molecular complexity index is 539. The van der Waals surface area contributed by atoms with Crippen LogP contribution in [0.25, 0.3) is 5.69 Å². The maximum Gasteiger partial charge on any atom is 0.491 e. The molecule has 0 unspecified atom stereocenters. The summed E-state index contributed by atoms with van der Waals surface area (Å²) in [7, 11) is 0. The largest absolute Gasteiger partial charge is 0.491 e. The SMILES string of the molecule is Cc1n[n+](-c2c(C)noc2C)c(C(F)(F)F)s1. The van der Waals surface area contributed by atoms with Gasteiger partial charge < -0.3 is 4.52 Å². The van der Waals surface area contributed by atoms with Crippen LogP contribution in [0.1, 0.15) is 21.5 Å². The van der Waals surface area contributed by atoms with Gasteiger partial charge in [0.1, 0.15) is 0 Å². The highest BCUT2D eigenvalue weighted by Crippen LogP contribution is 2.31. The Morgan fingerprint density at radius 2 is 1.88 bits per heavy atom. The number of rotatable bonds is 1. The predicted molar refractivity (Wildman–Crippen MR) is 52.9 cm³/mol. The van der Waals surface area contributed by atoms with Gasteiger partial charge in [-0.3, -0.25) is 0 Å². The molecular weight excluding hydrogens is 255 g/mol. The Hall–Kier alpha value is -1.44. The standard InChI is InChI=1S/C9H9F3N3OS/c1-4-7(5(2)16-14-4)15-8(9(10,11)12)17-6(3)13-15/h1-3H3/q+1. The van der Waals surface area contributed by atoms with E-state index in [0.717, 1.165) is 4.68 Å². The normalized spacial score (nSPS) is 12.1. The van der Waals surface area contributed by atoms with Crippen molar-refractivity contribution >= 4 is 11.3 Å². The molecule has 17 heavy (non-hydrogen) atoms. The van der Waals surface area contributed by atoms with Gasteiger partial charge >= 0.3 is 16.9 Å². The van der Waals surface area contributed by atoms with Gasteiger partial charge in [0.05, 0.1) is 0 Å². The summed E-state index contributed by atoms with van der Waals surface area (Å²) in [4.78, 5) is 0. The Kier molecular flexibility index (Phi) is 2.69. The van der Waals surface area contributed by atoms with Crippen molar-refractivity contribution in [2.75, 3.05) is 0 Å². The Labute approximate surface area is 98.7 Å². The van der Waals surface area contributed by atoms with Gasteiger partial charge in [0, 0.05) is 12.0 Å². The fourth-order valence-corrected chi connectivity index (χ4v) is 2.24. The van der Waals surface area contributed by atoms with Crippen LogP contribution in [-0.2, 0) is 6.18 Å². The van der Waals surface area contributed by atoms with E-state index in [9.17, 15) is 13.2 Å². The molecule has 0 fully saturated rings. The summed E-state index contributed by atoms with van der Waals surface area (Å²) in [6, 6.07) is 0. The summed E-state index contributed by atoms with van der Waals surface area (Å²) in [5.74, 6) is 0.309. The predicted octanol–water partition coefficient (Wildman–Crippen LogP) is 2.35. The van der Waals surface area contributed by atoms with Crippen molar-refractivity contribution in [1.82, 2.24) is 10.3 Å². The van der Waals surface area contributed by atoms with E-state index in [0.29, 0.717) is 27.8 Å². The van der Waals surface area contributed by atoms with E-state index >= 15 is 0 Å². The molecule has 2 heterocycles. The highest BCUT2D eigenvalue weighted by molar-refractivity contribution is 7.10. The molecule has 4 nitrogen and oxygen atoms in total. The molecule has 8 heteroatoms. The zero-order chi connectivity index (χ0) is 12.8. The summed E-state index contributed by atoms with van der Waals surface area (Å²) in [6.45, 7) is 4.65. The second-order valence-electron chi connectivity index (χ2n) is 3.51. The third kappa shape index (κ3) is 2.04. The lowest BCUT2D eigenvalue weighted by Gasteiger charge is -1.97. The molecule has 0 aliphatic rings. The first-order valence-electron chi connectivity index (χ1n) is 4.71. The summed E-state index contributed by atoms with van der Waals surface area (Å²) in [6.07, 6.45) is -4.44. The van der Waals surface area contributed by atoms with Crippen LogP contribution in [0.15, 0.2) is 4.52 Å². The van der Waals surface area contributed by atoms with Crippen LogP contribution in [0, 0.1) is 20.8 Å². The quantitative estimate of drug-likeness (QED) is 0.742. The first kappa shape index (κ1) is 12.0. The van der Waals surface area contributed by atoms with Crippen molar-refractivity contribution in [3.63, 3.8) is 0 Å². The van der Waals surface area contributed by atoms with Gasteiger partial charge in [-0.05, 0) is 29.9 Å². The molecule has 0 amide bonds. The number of aryl methyl sites for hydroxylation is 3. The molecule has 2 aromatic rings. The zero-order valence-corrected chi connectivity index (χ0v) is 10.1. The molecule has 0 bridgehead atoms. The van der Waals surface area contributed by atoms with Crippen LogP contribution in [0.2, 0.25) is 0 Å². The number of halogens is 3. The molecule has 0 aliphatic carbocycles. The van der Waals surface area contributed by atoms with Crippen molar-refractivity contribution in [2.24, 2.45) is 0 Å². The molecule has 0 aromatic carbocycles. The number of nitrogens with zero attached hydrogens (tertiary/aromatic N) is 3. The Morgan fingerprint density at radius 1 is 1.24 bits per heavy atom. The molecule has 2 aromatic heterocycles. The molecule has 92 valence electrons. The van der Waals surface area contributed by atoms with Crippen LogP contribution < -0.4 is 4.68 Å². The Balaban J connectivity index is 2.68. The average molecular weight is 264 g/mol. The minimum atomic E-state index is -4.44. The van der Waals surface area contributed by atoms with Gasteiger partial charge in [0.15, 0.2) is 10.7 Å². The highest BCUT2D eigenvalue weighted by Gasteiger charge is 2.47. The number of hydrogen-bond donors (Lipinski definition) is 0. The molecule has 2 rings (SSSR count). The van der Waals surface area contributed by atoms with Gasteiger partial charge in [0.25, 0.3) is 0 Å². The molecular formula is C9H9F3N3OS+. The van der Waals surface area contributed by atoms with Gasteiger partial charge in [-0.25, -0.2) is 0 Å². The Morgan fingerprint density at radius 3 is 2.35 bits per heavy atom. The van der Waals surface area contributed by atoms with Crippen LogP contribution >= 0.6 is 11.3 Å². The molecule has 0 N–H and O–H groups in total. The summed E-state index contributed by atoms with van der Waals surface area (Å²) in [5.41, 5.74) is 0.630. The van der Waals surface area contributed by atoms with E-state index in [1.54, 1.807) is 13.8 Å². The third-order valence-electron chi connectivity index (χ3n) is 2.13. The first-order chi connectivity index (χ1) is 7.80. The number of aromatic nitrogens is 3. The van der Waals surface area contributed by atoms with Gasteiger partial charge in [-0.1, -0.05) is 5.16 Å². The first-order valence-corrected chi connectivity index (χ1v) is 5.52. The van der Waals surface area contributed by atoms with Crippen molar-refractivity contribution in [1.29, 1.82) is 0 Å². The van der Waals surface area contributed by atoms with Crippen LogP contribution in [0.3, 0.4) is 0 Å². The molecule has 0 atom stereocenters. The summed E-state index contributed by atoms with van der Waals surface area (Å²) in [5, 5.41) is 7.03.